The van der Waals surface area contributed by atoms with E-state index in [4.69, 9.17) is 11.6 Å². The summed E-state index contributed by atoms with van der Waals surface area (Å²) in [6.07, 6.45) is 3.06. The zero-order chi connectivity index (χ0) is 19.7. The number of rotatable bonds is 7. The highest BCUT2D eigenvalue weighted by atomic mass is 35.5. The normalized spacial score (nSPS) is 14.7. The molecule has 4 rings (SSSR count). The third-order valence-electron chi connectivity index (χ3n) is 4.63. The van der Waals surface area contributed by atoms with Crippen molar-refractivity contribution < 1.29 is 4.39 Å². The molecule has 0 amide bonds. The summed E-state index contributed by atoms with van der Waals surface area (Å²) in [4.78, 5) is 13.3. The van der Waals surface area contributed by atoms with E-state index in [9.17, 15) is 4.39 Å². The molecular formula is C19H21ClFN7. The maximum absolute atomic E-state index is 13.3. The van der Waals surface area contributed by atoms with Gasteiger partial charge in [0, 0.05) is 29.1 Å². The first kappa shape index (κ1) is 18.6. The Balaban J connectivity index is 1.53. The minimum Gasteiger partial charge on any atom is -0.347 e. The number of nitrogens with one attached hydrogen (secondary N) is 3. The SMILES string of the molecule is CCc1nc(Nc2cc(C3CC3)[nH]n2)nc(NC(C)c2ccc(F)cc2Cl)n1. The van der Waals surface area contributed by atoms with Crippen LogP contribution in [0.5, 0.6) is 0 Å². The van der Waals surface area contributed by atoms with Crippen LogP contribution in [-0.2, 0) is 6.42 Å². The van der Waals surface area contributed by atoms with Crippen LogP contribution in [0, 0.1) is 5.82 Å². The Morgan fingerprint density at radius 3 is 2.71 bits per heavy atom. The van der Waals surface area contributed by atoms with Crippen molar-refractivity contribution in [1.82, 2.24) is 25.1 Å². The van der Waals surface area contributed by atoms with Gasteiger partial charge < -0.3 is 10.6 Å². The van der Waals surface area contributed by atoms with Gasteiger partial charge in [-0.1, -0.05) is 24.6 Å². The zero-order valence-corrected chi connectivity index (χ0v) is 16.4. The highest BCUT2D eigenvalue weighted by Gasteiger charge is 2.25. The number of benzene rings is 1. The summed E-state index contributed by atoms with van der Waals surface area (Å²) in [7, 11) is 0. The molecule has 3 N–H and O–H groups in total. The molecule has 2 heterocycles. The van der Waals surface area contributed by atoms with E-state index in [1.54, 1.807) is 6.07 Å². The van der Waals surface area contributed by atoms with Crippen LogP contribution in [0.3, 0.4) is 0 Å². The van der Waals surface area contributed by atoms with Crippen molar-refractivity contribution in [3.63, 3.8) is 0 Å². The Morgan fingerprint density at radius 2 is 2.00 bits per heavy atom. The minimum absolute atomic E-state index is 0.208. The van der Waals surface area contributed by atoms with Gasteiger partial charge in [-0.3, -0.25) is 5.10 Å². The van der Waals surface area contributed by atoms with E-state index < -0.39 is 0 Å². The fourth-order valence-electron chi connectivity index (χ4n) is 2.94. The average molecular weight is 402 g/mol. The van der Waals surface area contributed by atoms with Gasteiger partial charge in [0.25, 0.3) is 0 Å². The molecule has 1 aliphatic carbocycles. The molecular weight excluding hydrogens is 381 g/mol. The van der Waals surface area contributed by atoms with Crippen LogP contribution >= 0.6 is 11.6 Å². The topological polar surface area (TPSA) is 91.4 Å². The Morgan fingerprint density at radius 1 is 1.21 bits per heavy atom. The highest BCUT2D eigenvalue weighted by Crippen LogP contribution is 2.39. The molecule has 0 bridgehead atoms. The Bertz CT molecular complexity index is 986. The van der Waals surface area contributed by atoms with Crippen molar-refractivity contribution in [3.05, 3.63) is 52.2 Å². The van der Waals surface area contributed by atoms with Crippen molar-refractivity contribution >= 4 is 29.3 Å². The van der Waals surface area contributed by atoms with Crippen LogP contribution in [-0.4, -0.2) is 25.1 Å². The summed E-state index contributed by atoms with van der Waals surface area (Å²) in [5.41, 5.74) is 1.89. The molecule has 1 unspecified atom stereocenters. The number of anilines is 3. The molecule has 1 aromatic carbocycles. The molecule has 7 nitrogen and oxygen atoms in total. The smallest absolute Gasteiger partial charge is 0.233 e. The van der Waals surface area contributed by atoms with Crippen LogP contribution in [0.2, 0.25) is 5.02 Å². The molecule has 9 heteroatoms. The van der Waals surface area contributed by atoms with Crippen LogP contribution in [0.15, 0.2) is 24.3 Å². The molecule has 3 aromatic rings. The lowest BCUT2D eigenvalue weighted by molar-refractivity contribution is 0.626. The third kappa shape index (κ3) is 4.22. The van der Waals surface area contributed by atoms with E-state index in [0.29, 0.717) is 40.9 Å². The van der Waals surface area contributed by atoms with E-state index in [2.05, 4.69) is 35.8 Å². The first-order chi connectivity index (χ1) is 13.5. The molecule has 2 aromatic heterocycles. The summed E-state index contributed by atoms with van der Waals surface area (Å²) in [6, 6.07) is 6.11. The standard InChI is InChI=1S/C19H21ClFN7/c1-3-16-23-18(22-10(2)13-7-6-12(21)8-14(13)20)26-19(24-16)25-17-9-15(27-28-17)11-4-5-11/h6-11H,3-5H2,1-2H3,(H3,22,23,24,25,26,27,28). The van der Waals surface area contributed by atoms with Crippen LogP contribution in [0.1, 0.15) is 55.7 Å². The maximum atomic E-state index is 13.3. The van der Waals surface area contributed by atoms with Gasteiger partial charge in [-0.2, -0.15) is 20.1 Å². The third-order valence-corrected chi connectivity index (χ3v) is 4.95. The summed E-state index contributed by atoms with van der Waals surface area (Å²) in [5.74, 6) is 2.38. The van der Waals surface area contributed by atoms with Crippen LogP contribution < -0.4 is 10.6 Å². The fraction of sp³-hybridized carbons (Fsp3) is 0.368. The highest BCUT2D eigenvalue weighted by molar-refractivity contribution is 6.31. The van der Waals surface area contributed by atoms with E-state index in [1.807, 2.05) is 19.9 Å². The van der Waals surface area contributed by atoms with E-state index in [1.165, 1.54) is 25.0 Å². The molecule has 1 fully saturated rings. The van der Waals surface area contributed by atoms with Crippen molar-refractivity contribution in [3.8, 4) is 0 Å². The van der Waals surface area contributed by atoms with Crippen LogP contribution in [0.25, 0.3) is 0 Å². The number of hydrogen-bond donors (Lipinski definition) is 3. The number of aryl methyl sites for hydroxylation is 1. The van der Waals surface area contributed by atoms with Gasteiger partial charge >= 0.3 is 0 Å². The summed E-state index contributed by atoms with van der Waals surface area (Å²) < 4.78 is 13.3. The lowest BCUT2D eigenvalue weighted by atomic mass is 10.1. The second kappa shape index (κ2) is 7.71. The van der Waals surface area contributed by atoms with Gasteiger partial charge in [0.2, 0.25) is 11.9 Å². The number of aromatic amines is 1. The summed E-state index contributed by atoms with van der Waals surface area (Å²) in [6.45, 7) is 3.89. The summed E-state index contributed by atoms with van der Waals surface area (Å²) >= 11 is 6.16. The van der Waals surface area contributed by atoms with Crippen molar-refractivity contribution in [2.24, 2.45) is 0 Å². The van der Waals surface area contributed by atoms with Crippen molar-refractivity contribution in [2.75, 3.05) is 10.6 Å². The Hall–Kier alpha value is -2.74. The Kier molecular flexibility index (Phi) is 5.13. The van der Waals surface area contributed by atoms with E-state index in [0.717, 1.165) is 11.3 Å². The molecule has 0 radical (unpaired) electrons. The fourth-order valence-corrected chi connectivity index (χ4v) is 3.27. The molecule has 1 saturated carbocycles. The first-order valence-corrected chi connectivity index (χ1v) is 9.68. The number of hydrogen-bond acceptors (Lipinski definition) is 6. The Labute approximate surface area is 167 Å². The molecule has 1 aliphatic rings. The molecule has 1 atom stereocenters. The lowest BCUT2D eigenvalue weighted by Gasteiger charge is -2.16. The van der Waals surface area contributed by atoms with Gasteiger partial charge in [-0.15, -0.1) is 0 Å². The largest absolute Gasteiger partial charge is 0.347 e. The second-order valence-corrected chi connectivity index (χ2v) is 7.30. The van der Waals surface area contributed by atoms with Gasteiger partial charge in [0.05, 0.1) is 6.04 Å². The average Bonchev–Trinajstić information content (AvgIpc) is 3.41. The molecule has 146 valence electrons. The van der Waals surface area contributed by atoms with Gasteiger partial charge in [-0.25, -0.2) is 4.39 Å². The maximum Gasteiger partial charge on any atom is 0.233 e. The van der Waals surface area contributed by atoms with Crippen molar-refractivity contribution in [1.29, 1.82) is 0 Å². The second-order valence-electron chi connectivity index (χ2n) is 6.89. The predicted octanol–water partition coefficient (Wildman–Crippen LogP) is 4.74. The molecule has 0 aliphatic heterocycles. The molecule has 0 saturated heterocycles. The monoisotopic (exact) mass is 401 g/mol. The lowest BCUT2D eigenvalue weighted by Crippen LogP contribution is -2.13. The zero-order valence-electron chi connectivity index (χ0n) is 15.6. The molecule has 28 heavy (non-hydrogen) atoms. The molecule has 0 spiro atoms. The number of halogens is 2. The first-order valence-electron chi connectivity index (χ1n) is 9.30. The van der Waals surface area contributed by atoms with Gasteiger partial charge in [0.1, 0.15) is 11.6 Å². The minimum atomic E-state index is -0.370. The van der Waals surface area contributed by atoms with Crippen LogP contribution in [0.4, 0.5) is 22.1 Å². The number of nitrogens with zero attached hydrogens (tertiary/aromatic N) is 4. The number of H-pyrrole nitrogens is 1. The summed E-state index contributed by atoms with van der Waals surface area (Å²) in [5, 5.41) is 14.0. The van der Waals surface area contributed by atoms with Gasteiger partial charge in [0.15, 0.2) is 5.82 Å². The number of aromatic nitrogens is 5. The van der Waals surface area contributed by atoms with Crippen molar-refractivity contribution in [2.45, 2.75) is 45.1 Å². The quantitative estimate of drug-likeness (QED) is 0.529. The van der Waals surface area contributed by atoms with E-state index in [-0.39, 0.29) is 11.9 Å². The predicted molar refractivity (Wildman–Crippen MR) is 106 cm³/mol. The van der Waals surface area contributed by atoms with Gasteiger partial charge in [-0.05, 0) is 37.5 Å². The van der Waals surface area contributed by atoms with E-state index >= 15 is 0 Å².